The van der Waals surface area contributed by atoms with Crippen LogP contribution in [0.1, 0.15) is 24.1 Å². The summed E-state index contributed by atoms with van der Waals surface area (Å²) in [6, 6.07) is 26.3. The zero-order chi connectivity index (χ0) is 19.6. The number of hydrogen-bond donors (Lipinski definition) is 1. The van der Waals surface area contributed by atoms with Gasteiger partial charge in [0.1, 0.15) is 30.5 Å². The van der Waals surface area contributed by atoms with Crippen LogP contribution in [0, 0.1) is 0 Å². The van der Waals surface area contributed by atoms with E-state index >= 15 is 0 Å². The molecule has 0 heterocycles. The van der Waals surface area contributed by atoms with Crippen LogP contribution in [-0.4, -0.2) is 20.3 Å². The lowest BCUT2D eigenvalue weighted by molar-refractivity contribution is 0.217. The lowest BCUT2D eigenvalue weighted by atomic mass is 10.1. The van der Waals surface area contributed by atoms with Crippen LogP contribution in [0.15, 0.2) is 78.9 Å². The smallest absolute Gasteiger partial charge is 0.122 e. The van der Waals surface area contributed by atoms with Crippen LogP contribution < -0.4 is 19.5 Å². The number of ether oxygens (including phenoxy) is 3. The number of nitrogens with one attached hydrogen (secondary N) is 1. The molecular weight excluding hydrogens is 350 g/mol. The van der Waals surface area contributed by atoms with Gasteiger partial charge in [0.25, 0.3) is 0 Å². The van der Waals surface area contributed by atoms with Gasteiger partial charge in [-0.3, -0.25) is 0 Å². The van der Waals surface area contributed by atoms with Crippen molar-refractivity contribution in [1.29, 1.82) is 0 Å². The number of methoxy groups -OCH3 is 1. The molecule has 146 valence electrons. The largest absolute Gasteiger partial charge is 0.497 e. The highest BCUT2D eigenvalue weighted by Crippen LogP contribution is 2.19. The van der Waals surface area contributed by atoms with Crippen molar-refractivity contribution < 1.29 is 14.2 Å². The second kappa shape index (κ2) is 10.4. The Labute approximate surface area is 167 Å². The predicted octanol–water partition coefficient (Wildman–Crippen LogP) is 5.00. The van der Waals surface area contributed by atoms with Gasteiger partial charge in [-0.25, -0.2) is 0 Å². The molecule has 4 nitrogen and oxygen atoms in total. The average Bonchev–Trinajstić information content (AvgIpc) is 2.76. The molecule has 1 atom stereocenters. The SMILES string of the molecule is COc1ccc([C@@H](C)NCc2cccc(OCCOc3ccccc3)c2)cc1. The van der Waals surface area contributed by atoms with E-state index in [1.165, 1.54) is 11.1 Å². The van der Waals surface area contributed by atoms with Gasteiger partial charge < -0.3 is 19.5 Å². The Morgan fingerprint density at radius 1 is 0.750 bits per heavy atom. The third kappa shape index (κ3) is 6.03. The van der Waals surface area contributed by atoms with E-state index < -0.39 is 0 Å². The fraction of sp³-hybridized carbons (Fsp3) is 0.250. The van der Waals surface area contributed by atoms with E-state index in [9.17, 15) is 0 Å². The number of hydrogen-bond acceptors (Lipinski definition) is 4. The molecule has 1 N–H and O–H groups in total. The molecular formula is C24H27NO3. The van der Waals surface area contributed by atoms with Crippen molar-refractivity contribution in [3.63, 3.8) is 0 Å². The van der Waals surface area contributed by atoms with E-state index in [0.29, 0.717) is 13.2 Å². The first-order valence-electron chi connectivity index (χ1n) is 9.51. The van der Waals surface area contributed by atoms with Crippen LogP contribution in [0.3, 0.4) is 0 Å². The van der Waals surface area contributed by atoms with Crippen LogP contribution in [0.4, 0.5) is 0 Å². The normalized spacial score (nSPS) is 11.6. The van der Waals surface area contributed by atoms with E-state index in [-0.39, 0.29) is 6.04 Å². The van der Waals surface area contributed by atoms with E-state index in [4.69, 9.17) is 14.2 Å². The van der Waals surface area contributed by atoms with Gasteiger partial charge in [-0.15, -0.1) is 0 Å². The zero-order valence-corrected chi connectivity index (χ0v) is 16.4. The Kier molecular flexibility index (Phi) is 7.33. The van der Waals surface area contributed by atoms with Crippen molar-refractivity contribution in [2.75, 3.05) is 20.3 Å². The molecule has 3 aromatic rings. The van der Waals surface area contributed by atoms with Crippen molar-refractivity contribution in [1.82, 2.24) is 5.32 Å². The quantitative estimate of drug-likeness (QED) is 0.505. The highest BCUT2D eigenvalue weighted by molar-refractivity contribution is 5.30. The summed E-state index contributed by atoms with van der Waals surface area (Å²) >= 11 is 0. The van der Waals surface area contributed by atoms with Gasteiger partial charge in [0.2, 0.25) is 0 Å². The first-order chi connectivity index (χ1) is 13.7. The van der Waals surface area contributed by atoms with Crippen molar-refractivity contribution in [2.45, 2.75) is 19.5 Å². The molecule has 0 amide bonds. The first kappa shape index (κ1) is 19.8. The van der Waals surface area contributed by atoms with Gasteiger partial charge in [-0.1, -0.05) is 42.5 Å². The Bertz CT molecular complexity index is 834. The molecule has 4 heteroatoms. The van der Waals surface area contributed by atoms with Gasteiger partial charge in [0.15, 0.2) is 0 Å². The molecule has 0 radical (unpaired) electrons. The summed E-state index contributed by atoms with van der Waals surface area (Å²) in [7, 11) is 1.68. The third-order valence-electron chi connectivity index (χ3n) is 4.49. The molecule has 0 spiro atoms. The van der Waals surface area contributed by atoms with E-state index in [1.807, 2.05) is 54.6 Å². The summed E-state index contributed by atoms with van der Waals surface area (Å²) in [5, 5.41) is 3.55. The van der Waals surface area contributed by atoms with Gasteiger partial charge in [-0.05, 0) is 54.4 Å². The van der Waals surface area contributed by atoms with E-state index in [0.717, 1.165) is 23.8 Å². The molecule has 0 aliphatic heterocycles. The molecule has 0 fully saturated rings. The highest BCUT2D eigenvalue weighted by atomic mass is 16.5. The average molecular weight is 377 g/mol. The number of benzene rings is 3. The summed E-state index contributed by atoms with van der Waals surface area (Å²) in [6.07, 6.45) is 0. The van der Waals surface area contributed by atoms with Crippen molar-refractivity contribution >= 4 is 0 Å². The van der Waals surface area contributed by atoms with Crippen LogP contribution in [0.5, 0.6) is 17.2 Å². The standard InChI is InChI=1S/C24H27NO3/c1-19(21-11-13-22(26-2)14-12-21)25-18-20-7-6-10-24(17-20)28-16-15-27-23-8-4-3-5-9-23/h3-14,17,19,25H,15-16,18H2,1-2H3/t19-/m1/s1. The lowest BCUT2D eigenvalue weighted by Crippen LogP contribution is -2.18. The monoisotopic (exact) mass is 377 g/mol. The lowest BCUT2D eigenvalue weighted by Gasteiger charge is -2.15. The van der Waals surface area contributed by atoms with Crippen molar-refractivity contribution in [3.8, 4) is 17.2 Å². The van der Waals surface area contributed by atoms with E-state index in [2.05, 4.69) is 36.5 Å². The fourth-order valence-corrected chi connectivity index (χ4v) is 2.86. The molecule has 0 saturated carbocycles. The fourth-order valence-electron chi connectivity index (χ4n) is 2.86. The minimum absolute atomic E-state index is 0.245. The molecule has 0 saturated heterocycles. The van der Waals surface area contributed by atoms with Gasteiger partial charge in [0, 0.05) is 12.6 Å². The maximum atomic E-state index is 5.82. The Balaban J connectivity index is 1.44. The molecule has 0 aromatic heterocycles. The number of rotatable bonds is 10. The highest BCUT2D eigenvalue weighted by Gasteiger charge is 2.06. The first-order valence-corrected chi connectivity index (χ1v) is 9.51. The molecule has 0 bridgehead atoms. The Morgan fingerprint density at radius 2 is 1.43 bits per heavy atom. The summed E-state index contributed by atoms with van der Waals surface area (Å²) < 4.78 is 16.7. The maximum Gasteiger partial charge on any atom is 0.122 e. The molecule has 0 aliphatic rings. The molecule has 0 aliphatic carbocycles. The predicted molar refractivity (Wildman–Crippen MR) is 112 cm³/mol. The van der Waals surface area contributed by atoms with Crippen molar-refractivity contribution in [3.05, 3.63) is 90.0 Å². The summed E-state index contributed by atoms with van der Waals surface area (Å²) in [5.41, 5.74) is 2.41. The molecule has 0 unspecified atom stereocenters. The molecule has 3 rings (SSSR count). The maximum absolute atomic E-state index is 5.82. The second-order valence-corrected chi connectivity index (χ2v) is 6.53. The van der Waals surface area contributed by atoms with Crippen LogP contribution >= 0.6 is 0 Å². The zero-order valence-electron chi connectivity index (χ0n) is 16.4. The minimum atomic E-state index is 0.245. The van der Waals surface area contributed by atoms with Crippen LogP contribution in [-0.2, 0) is 6.54 Å². The van der Waals surface area contributed by atoms with Gasteiger partial charge in [-0.2, -0.15) is 0 Å². The Hall–Kier alpha value is -2.98. The summed E-state index contributed by atoms with van der Waals surface area (Å²) in [6.45, 7) is 3.95. The van der Waals surface area contributed by atoms with Crippen molar-refractivity contribution in [2.24, 2.45) is 0 Å². The van der Waals surface area contributed by atoms with E-state index in [1.54, 1.807) is 7.11 Å². The minimum Gasteiger partial charge on any atom is -0.497 e. The summed E-state index contributed by atoms with van der Waals surface area (Å²) in [5.74, 6) is 2.58. The van der Waals surface area contributed by atoms with Gasteiger partial charge >= 0.3 is 0 Å². The molecule has 28 heavy (non-hydrogen) atoms. The van der Waals surface area contributed by atoms with Crippen LogP contribution in [0.2, 0.25) is 0 Å². The molecule has 3 aromatic carbocycles. The topological polar surface area (TPSA) is 39.7 Å². The van der Waals surface area contributed by atoms with Gasteiger partial charge in [0.05, 0.1) is 7.11 Å². The third-order valence-corrected chi connectivity index (χ3v) is 4.49. The Morgan fingerprint density at radius 3 is 2.14 bits per heavy atom. The van der Waals surface area contributed by atoms with Crippen LogP contribution in [0.25, 0.3) is 0 Å². The second-order valence-electron chi connectivity index (χ2n) is 6.53. The number of para-hydroxylation sites is 1. The summed E-state index contributed by atoms with van der Waals surface area (Å²) in [4.78, 5) is 0.